The third kappa shape index (κ3) is 3.69. The number of pyridine rings is 1. The summed E-state index contributed by atoms with van der Waals surface area (Å²) in [6, 6.07) is 20.0. The van der Waals surface area contributed by atoms with Gasteiger partial charge in [0, 0.05) is 37.7 Å². The van der Waals surface area contributed by atoms with Crippen LogP contribution in [0.15, 0.2) is 66.9 Å². The number of para-hydroxylation sites is 1. The standard InChI is InChI=1S/C23H24N4O/c1-26(2)20-12-9-18(10-13-20)25-19-11-14-21(24-16-19)23(28)27-15-5-7-17-6-3-4-8-22(17)27/h3-4,6,8-14,16,25H,5,7,15H2,1-2H3. The Morgan fingerprint density at radius 3 is 2.46 bits per heavy atom. The van der Waals surface area contributed by atoms with E-state index in [1.54, 1.807) is 12.3 Å². The second kappa shape index (κ2) is 7.72. The highest BCUT2D eigenvalue weighted by Gasteiger charge is 2.23. The van der Waals surface area contributed by atoms with Gasteiger partial charge in [0.05, 0.1) is 11.9 Å². The van der Waals surface area contributed by atoms with Crippen molar-refractivity contribution in [2.45, 2.75) is 12.8 Å². The molecular formula is C23H24N4O. The summed E-state index contributed by atoms with van der Waals surface area (Å²) in [5, 5.41) is 3.33. The van der Waals surface area contributed by atoms with Crippen LogP contribution in [-0.4, -0.2) is 31.5 Å². The normalized spacial score (nSPS) is 13.0. The van der Waals surface area contributed by atoms with Gasteiger partial charge >= 0.3 is 0 Å². The van der Waals surface area contributed by atoms with Gasteiger partial charge < -0.3 is 15.1 Å². The summed E-state index contributed by atoms with van der Waals surface area (Å²) < 4.78 is 0. The van der Waals surface area contributed by atoms with E-state index in [1.165, 1.54) is 5.56 Å². The molecule has 0 spiro atoms. The van der Waals surface area contributed by atoms with Crippen LogP contribution in [0.3, 0.4) is 0 Å². The molecule has 0 saturated carbocycles. The molecule has 0 fully saturated rings. The second-order valence-corrected chi connectivity index (χ2v) is 7.19. The maximum atomic E-state index is 13.0. The SMILES string of the molecule is CN(C)c1ccc(Nc2ccc(C(=O)N3CCCc4ccccc43)nc2)cc1. The van der Waals surface area contributed by atoms with E-state index in [-0.39, 0.29) is 5.91 Å². The number of carbonyl (C=O) groups is 1. The summed E-state index contributed by atoms with van der Waals surface area (Å²) in [5.74, 6) is -0.0472. The lowest BCUT2D eigenvalue weighted by molar-refractivity contribution is 0.0980. The molecule has 0 unspecified atom stereocenters. The van der Waals surface area contributed by atoms with Gasteiger partial charge in [0.2, 0.25) is 0 Å². The Morgan fingerprint density at radius 1 is 1.00 bits per heavy atom. The summed E-state index contributed by atoms with van der Waals surface area (Å²) in [5.41, 5.74) is 5.67. The number of hydrogen-bond acceptors (Lipinski definition) is 4. The number of nitrogens with one attached hydrogen (secondary N) is 1. The van der Waals surface area contributed by atoms with Gasteiger partial charge in [0.25, 0.3) is 5.91 Å². The number of carbonyl (C=O) groups excluding carboxylic acids is 1. The van der Waals surface area contributed by atoms with Crippen molar-refractivity contribution in [3.63, 3.8) is 0 Å². The Bertz CT molecular complexity index is 965. The largest absolute Gasteiger partial charge is 0.378 e. The Morgan fingerprint density at radius 2 is 1.75 bits per heavy atom. The third-order valence-electron chi connectivity index (χ3n) is 5.01. The number of nitrogens with zero attached hydrogens (tertiary/aromatic N) is 3. The van der Waals surface area contributed by atoms with E-state index in [4.69, 9.17) is 0 Å². The quantitative estimate of drug-likeness (QED) is 0.733. The van der Waals surface area contributed by atoms with Crippen LogP contribution in [-0.2, 0) is 6.42 Å². The number of benzene rings is 2. The van der Waals surface area contributed by atoms with Crippen molar-refractivity contribution in [2.24, 2.45) is 0 Å². The molecule has 1 amide bonds. The third-order valence-corrected chi connectivity index (χ3v) is 5.01. The fourth-order valence-corrected chi connectivity index (χ4v) is 3.49. The van der Waals surface area contributed by atoms with Crippen molar-refractivity contribution in [1.29, 1.82) is 0 Å². The van der Waals surface area contributed by atoms with Crippen LogP contribution in [0.4, 0.5) is 22.7 Å². The number of rotatable bonds is 4. The smallest absolute Gasteiger partial charge is 0.276 e. The first-order valence-corrected chi connectivity index (χ1v) is 9.52. The van der Waals surface area contributed by atoms with E-state index in [1.807, 2.05) is 55.4 Å². The molecular weight excluding hydrogens is 348 g/mol. The van der Waals surface area contributed by atoms with Gasteiger partial charge in [0.15, 0.2) is 0 Å². The van der Waals surface area contributed by atoms with Gasteiger partial charge in [-0.25, -0.2) is 4.98 Å². The predicted octanol–water partition coefficient (Wildman–Crippen LogP) is 4.48. The molecule has 0 radical (unpaired) electrons. The highest BCUT2D eigenvalue weighted by Crippen LogP contribution is 2.28. The first-order chi connectivity index (χ1) is 13.6. The highest BCUT2D eigenvalue weighted by atomic mass is 16.2. The maximum Gasteiger partial charge on any atom is 0.276 e. The van der Waals surface area contributed by atoms with E-state index in [0.29, 0.717) is 5.69 Å². The summed E-state index contributed by atoms with van der Waals surface area (Å²) >= 11 is 0. The van der Waals surface area contributed by atoms with Crippen molar-refractivity contribution in [2.75, 3.05) is 35.8 Å². The molecule has 5 heteroatoms. The van der Waals surface area contributed by atoms with Crippen LogP contribution in [0.25, 0.3) is 0 Å². The van der Waals surface area contributed by atoms with Crippen LogP contribution >= 0.6 is 0 Å². The molecule has 3 aromatic rings. The van der Waals surface area contributed by atoms with Gasteiger partial charge in [-0.05, 0) is 60.9 Å². The fourth-order valence-electron chi connectivity index (χ4n) is 3.49. The predicted molar refractivity (Wildman–Crippen MR) is 115 cm³/mol. The summed E-state index contributed by atoms with van der Waals surface area (Å²) in [6.07, 6.45) is 3.71. The van der Waals surface area contributed by atoms with Crippen LogP contribution in [0.5, 0.6) is 0 Å². The van der Waals surface area contributed by atoms with Gasteiger partial charge in [-0.2, -0.15) is 0 Å². The zero-order valence-corrected chi connectivity index (χ0v) is 16.2. The Hall–Kier alpha value is -3.34. The molecule has 142 valence electrons. The van der Waals surface area contributed by atoms with E-state index >= 15 is 0 Å². The number of amides is 1. The van der Waals surface area contributed by atoms with Crippen molar-refractivity contribution in [3.05, 3.63) is 78.1 Å². The van der Waals surface area contributed by atoms with Crippen molar-refractivity contribution < 1.29 is 4.79 Å². The monoisotopic (exact) mass is 372 g/mol. The summed E-state index contributed by atoms with van der Waals surface area (Å²) in [7, 11) is 4.03. The average molecular weight is 372 g/mol. The van der Waals surface area contributed by atoms with E-state index in [2.05, 4.69) is 33.4 Å². The lowest BCUT2D eigenvalue weighted by atomic mass is 10.0. The highest BCUT2D eigenvalue weighted by molar-refractivity contribution is 6.05. The summed E-state index contributed by atoms with van der Waals surface area (Å²) in [4.78, 5) is 21.3. The molecule has 1 aliphatic heterocycles. The molecule has 0 aliphatic carbocycles. The lowest BCUT2D eigenvalue weighted by Crippen LogP contribution is -2.35. The first-order valence-electron chi connectivity index (χ1n) is 9.52. The molecule has 0 atom stereocenters. The van der Waals surface area contributed by atoms with Crippen LogP contribution < -0.4 is 15.1 Å². The minimum atomic E-state index is -0.0472. The van der Waals surface area contributed by atoms with Crippen molar-refractivity contribution in [1.82, 2.24) is 4.98 Å². The molecule has 0 saturated heterocycles. The zero-order chi connectivity index (χ0) is 19.5. The molecule has 5 nitrogen and oxygen atoms in total. The molecule has 2 aromatic carbocycles. The molecule has 2 heterocycles. The zero-order valence-electron chi connectivity index (χ0n) is 16.2. The average Bonchev–Trinajstić information content (AvgIpc) is 2.74. The van der Waals surface area contributed by atoms with Gasteiger partial charge in [-0.3, -0.25) is 4.79 Å². The Balaban J connectivity index is 1.48. The number of hydrogen-bond donors (Lipinski definition) is 1. The topological polar surface area (TPSA) is 48.5 Å². The maximum absolute atomic E-state index is 13.0. The van der Waals surface area contributed by atoms with Gasteiger partial charge in [-0.1, -0.05) is 18.2 Å². The minimum absolute atomic E-state index is 0.0472. The number of aromatic nitrogens is 1. The number of fused-ring (bicyclic) bond motifs is 1. The Labute approximate surface area is 165 Å². The molecule has 1 aliphatic rings. The van der Waals surface area contributed by atoms with E-state index in [9.17, 15) is 4.79 Å². The number of aryl methyl sites for hydroxylation is 1. The van der Waals surface area contributed by atoms with Crippen LogP contribution in [0, 0.1) is 0 Å². The summed E-state index contributed by atoms with van der Waals surface area (Å²) in [6.45, 7) is 0.732. The minimum Gasteiger partial charge on any atom is -0.378 e. The van der Waals surface area contributed by atoms with E-state index < -0.39 is 0 Å². The van der Waals surface area contributed by atoms with Gasteiger partial charge in [-0.15, -0.1) is 0 Å². The fraction of sp³-hybridized carbons (Fsp3) is 0.217. The van der Waals surface area contributed by atoms with E-state index in [0.717, 1.165) is 42.1 Å². The van der Waals surface area contributed by atoms with Crippen molar-refractivity contribution >= 4 is 28.7 Å². The Kier molecular flexibility index (Phi) is 4.98. The molecule has 1 aromatic heterocycles. The second-order valence-electron chi connectivity index (χ2n) is 7.19. The van der Waals surface area contributed by atoms with Crippen molar-refractivity contribution in [3.8, 4) is 0 Å². The number of anilines is 4. The molecule has 0 bridgehead atoms. The van der Waals surface area contributed by atoms with Gasteiger partial charge in [0.1, 0.15) is 5.69 Å². The first kappa shape index (κ1) is 18.0. The van der Waals surface area contributed by atoms with Crippen LogP contribution in [0.2, 0.25) is 0 Å². The van der Waals surface area contributed by atoms with Crippen LogP contribution in [0.1, 0.15) is 22.5 Å². The molecule has 28 heavy (non-hydrogen) atoms. The molecule has 1 N–H and O–H groups in total. The molecule has 4 rings (SSSR count). The lowest BCUT2D eigenvalue weighted by Gasteiger charge is -2.29.